The lowest BCUT2D eigenvalue weighted by atomic mass is 10.1. The molecule has 1 unspecified atom stereocenters. The van der Waals surface area contributed by atoms with Gasteiger partial charge in [-0.1, -0.05) is 12.1 Å². The molecule has 1 atom stereocenters. The van der Waals surface area contributed by atoms with Gasteiger partial charge >= 0.3 is 0 Å². The average Bonchev–Trinajstić information content (AvgIpc) is 2.74. The number of carbonyl (C=O) groups excluding carboxylic acids is 1. The molecule has 1 fully saturated rings. The molecule has 0 N–H and O–H groups in total. The number of thioether (sulfide) groups is 1. The van der Waals surface area contributed by atoms with Crippen molar-refractivity contribution in [2.75, 3.05) is 11.5 Å². The zero-order valence-corrected chi connectivity index (χ0v) is 8.84. The number of aromatic nitrogens is 2. The van der Waals surface area contributed by atoms with Gasteiger partial charge in [0, 0.05) is 12.2 Å². The number of Topliss-reactive ketones (excluding diaryl/α,β-unsaturated/α-hetero) is 1. The second kappa shape index (κ2) is 4.13. The molecule has 2 heterocycles. The third kappa shape index (κ3) is 1.82. The van der Waals surface area contributed by atoms with Gasteiger partial charge in [0.25, 0.3) is 0 Å². The Morgan fingerprint density at radius 1 is 1.64 bits per heavy atom. The van der Waals surface area contributed by atoms with E-state index in [1.807, 2.05) is 0 Å². The van der Waals surface area contributed by atoms with Crippen molar-refractivity contribution in [1.82, 2.24) is 10.1 Å². The van der Waals surface area contributed by atoms with E-state index in [9.17, 15) is 4.79 Å². The van der Waals surface area contributed by atoms with E-state index in [4.69, 9.17) is 4.52 Å². The van der Waals surface area contributed by atoms with Gasteiger partial charge in [0.05, 0.1) is 5.75 Å². The maximum Gasteiger partial charge on any atom is 0.238 e. The molecule has 4 nitrogen and oxygen atoms in total. The van der Waals surface area contributed by atoms with Gasteiger partial charge in [-0.25, -0.2) is 0 Å². The highest BCUT2D eigenvalue weighted by atomic mass is 32.2. The summed E-state index contributed by atoms with van der Waals surface area (Å²) >= 11 is 1.63. The van der Waals surface area contributed by atoms with E-state index in [2.05, 4.69) is 17.1 Å². The van der Waals surface area contributed by atoms with Gasteiger partial charge in [-0.05, 0) is 6.42 Å². The van der Waals surface area contributed by atoms with Gasteiger partial charge in [-0.3, -0.25) is 4.79 Å². The minimum Gasteiger partial charge on any atom is -0.339 e. The van der Waals surface area contributed by atoms with Crippen molar-refractivity contribution in [2.24, 2.45) is 0 Å². The molecule has 1 aromatic heterocycles. The third-order valence-corrected chi connectivity index (χ3v) is 3.23. The van der Waals surface area contributed by atoms with Gasteiger partial charge in [0.15, 0.2) is 11.6 Å². The first-order valence-corrected chi connectivity index (χ1v) is 5.89. The normalized spacial score (nSPS) is 21.8. The second-order valence-electron chi connectivity index (χ2n) is 3.33. The minimum atomic E-state index is -0.155. The lowest BCUT2D eigenvalue weighted by molar-refractivity contribution is -0.117. The lowest BCUT2D eigenvalue weighted by Gasteiger charge is -1.97. The Balaban J connectivity index is 2.12. The van der Waals surface area contributed by atoms with Crippen molar-refractivity contribution in [3.05, 3.63) is 11.7 Å². The lowest BCUT2D eigenvalue weighted by Crippen LogP contribution is -2.09. The van der Waals surface area contributed by atoms with Crippen LogP contribution in [-0.4, -0.2) is 27.4 Å². The Morgan fingerprint density at radius 2 is 2.50 bits per heavy atom. The number of carbonyl (C=O) groups is 1. The molecule has 0 spiro atoms. The van der Waals surface area contributed by atoms with Gasteiger partial charge in [-0.15, -0.1) is 0 Å². The first kappa shape index (κ1) is 9.71. The van der Waals surface area contributed by atoms with Gasteiger partial charge in [0.1, 0.15) is 5.92 Å². The summed E-state index contributed by atoms with van der Waals surface area (Å²) < 4.78 is 5.08. The molecule has 5 heteroatoms. The molecule has 1 aromatic rings. The van der Waals surface area contributed by atoms with Crippen LogP contribution in [0.1, 0.15) is 31.0 Å². The number of aryl methyl sites for hydroxylation is 1. The Kier molecular flexibility index (Phi) is 2.86. The van der Waals surface area contributed by atoms with Crippen molar-refractivity contribution >= 4 is 17.5 Å². The number of hydrogen-bond donors (Lipinski definition) is 0. The third-order valence-electron chi connectivity index (χ3n) is 2.17. The first-order valence-electron chi connectivity index (χ1n) is 4.74. The maximum atomic E-state index is 11.4. The fourth-order valence-corrected chi connectivity index (χ4v) is 2.50. The summed E-state index contributed by atoms with van der Waals surface area (Å²) in [6.45, 7) is 2.06. The SMILES string of the molecule is CCCc1noc(C2CSCC2=O)n1. The molecular formula is C9H12N2O2S. The molecular weight excluding hydrogens is 200 g/mol. The van der Waals surface area contributed by atoms with Crippen molar-refractivity contribution in [3.8, 4) is 0 Å². The van der Waals surface area contributed by atoms with E-state index < -0.39 is 0 Å². The standard InChI is InChI=1S/C9H12N2O2S/c1-2-3-8-10-9(13-11-8)6-4-14-5-7(6)12/h6H,2-5H2,1H3. The summed E-state index contributed by atoms with van der Waals surface area (Å²) in [5, 5.41) is 3.84. The molecule has 76 valence electrons. The predicted molar refractivity (Wildman–Crippen MR) is 53.4 cm³/mol. The quantitative estimate of drug-likeness (QED) is 0.758. The smallest absolute Gasteiger partial charge is 0.238 e. The molecule has 0 aromatic carbocycles. The molecule has 1 aliphatic rings. The number of nitrogens with zero attached hydrogens (tertiary/aromatic N) is 2. The molecule has 2 rings (SSSR count). The van der Waals surface area contributed by atoms with Crippen LogP contribution in [-0.2, 0) is 11.2 Å². The Bertz CT molecular complexity index is 337. The highest BCUT2D eigenvalue weighted by Gasteiger charge is 2.31. The molecule has 0 saturated carbocycles. The summed E-state index contributed by atoms with van der Waals surface area (Å²) in [5.74, 6) is 2.64. The van der Waals surface area contributed by atoms with E-state index in [0.717, 1.165) is 18.6 Å². The summed E-state index contributed by atoms with van der Waals surface area (Å²) in [5.41, 5.74) is 0. The van der Waals surface area contributed by atoms with Crippen molar-refractivity contribution in [2.45, 2.75) is 25.7 Å². The summed E-state index contributed by atoms with van der Waals surface area (Å²) in [6, 6.07) is 0. The van der Waals surface area contributed by atoms with Crippen LogP contribution in [0.5, 0.6) is 0 Å². The van der Waals surface area contributed by atoms with Gasteiger partial charge in [-0.2, -0.15) is 16.7 Å². The zero-order chi connectivity index (χ0) is 9.97. The minimum absolute atomic E-state index is 0.155. The number of rotatable bonds is 3. The van der Waals surface area contributed by atoms with E-state index >= 15 is 0 Å². The summed E-state index contributed by atoms with van der Waals surface area (Å²) in [7, 11) is 0. The largest absolute Gasteiger partial charge is 0.339 e. The van der Waals surface area contributed by atoms with Gasteiger partial charge in [0.2, 0.25) is 5.89 Å². The zero-order valence-electron chi connectivity index (χ0n) is 8.02. The molecule has 0 bridgehead atoms. The van der Waals surface area contributed by atoms with Gasteiger partial charge < -0.3 is 4.52 Å². The molecule has 0 amide bonds. The van der Waals surface area contributed by atoms with E-state index in [1.165, 1.54) is 0 Å². The van der Waals surface area contributed by atoms with Crippen LogP contribution in [0.25, 0.3) is 0 Å². The van der Waals surface area contributed by atoms with Crippen LogP contribution < -0.4 is 0 Å². The monoisotopic (exact) mass is 212 g/mol. The van der Waals surface area contributed by atoms with Crippen molar-refractivity contribution in [3.63, 3.8) is 0 Å². The van der Waals surface area contributed by atoms with Crippen LogP contribution in [0.15, 0.2) is 4.52 Å². The van der Waals surface area contributed by atoms with Crippen LogP contribution in [0, 0.1) is 0 Å². The second-order valence-corrected chi connectivity index (χ2v) is 4.36. The Hall–Kier alpha value is -0.840. The van der Waals surface area contributed by atoms with Crippen LogP contribution in [0.2, 0.25) is 0 Å². The van der Waals surface area contributed by atoms with E-state index in [-0.39, 0.29) is 11.7 Å². The molecule has 0 aliphatic carbocycles. The topological polar surface area (TPSA) is 56.0 Å². The Labute approximate surface area is 86.4 Å². The molecule has 1 aliphatic heterocycles. The maximum absolute atomic E-state index is 11.4. The van der Waals surface area contributed by atoms with Crippen molar-refractivity contribution in [1.29, 1.82) is 0 Å². The molecule has 14 heavy (non-hydrogen) atoms. The van der Waals surface area contributed by atoms with Crippen LogP contribution in [0.4, 0.5) is 0 Å². The predicted octanol–water partition coefficient (Wildman–Crippen LogP) is 1.42. The summed E-state index contributed by atoms with van der Waals surface area (Å²) in [6.07, 6.45) is 1.81. The molecule has 0 radical (unpaired) electrons. The van der Waals surface area contributed by atoms with E-state index in [1.54, 1.807) is 11.8 Å². The highest BCUT2D eigenvalue weighted by Crippen LogP contribution is 2.28. The molecule has 1 saturated heterocycles. The average molecular weight is 212 g/mol. The summed E-state index contributed by atoms with van der Waals surface area (Å²) in [4.78, 5) is 15.6. The van der Waals surface area contributed by atoms with E-state index in [0.29, 0.717) is 17.5 Å². The van der Waals surface area contributed by atoms with Crippen LogP contribution >= 0.6 is 11.8 Å². The fourth-order valence-electron chi connectivity index (χ4n) is 1.41. The number of ketones is 1. The van der Waals surface area contributed by atoms with Crippen LogP contribution in [0.3, 0.4) is 0 Å². The number of hydrogen-bond acceptors (Lipinski definition) is 5. The van der Waals surface area contributed by atoms with Crippen molar-refractivity contribution < 1.29 is 9.32 Å². The first-order chi connectivity index (χ1) is 6.81. The Morgan fingerprint density at radius 3 is 3.14 bits per heavy atom. The fraction of sp³-hybridized carbons (Fsp3) is 0.667. The highest BCUT2D eigenvalue weighted by molar-refractivity contribution is 8.00.